The molecule has 0 unspecified atom stereocenters. The molecule has 122 valence electrons. The van der Waals surface area contributed by atoms with Crippen molar-refractivity contribution in [2.45, 2.75) is 18.2 Å². The van der Waals surface area contributed by atoms with Crippen molar-refractivity contribution in [3.05, 3.63) is 64.9 Å². The number of hydrogen-bond donors (Lipinski definition) is 0. The minimum Gasteiger partial charge on any atom is -0.266 e. The number of pyridine rings is 1. The predicted molar refractivity (Wildman–Crippen MR) is 96.2 cm³/mol. The summed E-state index contributed by atoms with van der Waals surface area (Å²) in [6, 6.07) is 10.7. The summed E-state index contributed by atoms with van der Waals surface area (Å²) in [6.07, 6.45) is 4.07. The third-order valence-electron chi connectivity index (χ3n) is 4.40. The van der Waals surface area contributed by atoms with E-state index >= 15 is 0 Å². The second kappa shape index (κ2) is 5.46. The fraction of sp³-hybridized carbons (Fsp3) is 0.167. The lowest BCUT2D eigenvalue weighted by Gasteiger charge is -2.21. The van der Waals surface area contributed by atoms with Gasteiger partial charge in [-0.05, 0) is 42.7 Å². The highest BCUT2D eigenvalue weighted by Gasteiger charge is 2.32. The first-order chi connectivity index (χ1) is 11.5. The molecule has 0 atom stereocenters. The van der Waals surface area contributed by atoms with Crippen LogP contribution in [-0.2, 0) is 16.4 Å². The van der Waals surface area contributed by atoms with Gasteiger partial charge in [0.1, 0.15) is 0 Å². The van der Waals surface area contributed by atoms with E-state index in [1.54, 1.807) is 36.7 Å². The van der Waals surface area contributed by atoms with Gasteiger partial charge in [-0.3, -0.25) is 9.29 Å². The third kappa shape index (κ3) is 2.27. The highest BCUT2D eigenvalue weighted by atomic mass is 35.5. The maximum atomic E-state index is 13.3. The zero-order chi connectivity index (χ0) is 16.9. The number of anilines is 1. The van der Waals surface area contributed by atoms with E-state index in [9.17, 15) is 8.42 Å². The Morgan fingerprint density at radius 3 is 2.83 bits per heavy atom. The summed E-state index contributed by atoms with van der Waals surface area (Å²) in [5, 5.41) is 2.08. The maximum Gasteiger partial charge on any atom is 0.264 e. The van der Waals surface area contributed by atoms with Crippen LogP contribution >= 0.6 is 11.6 Å². The fourth-order valence-corrected chi connectivity index (χ4v) is 5.23. The van der Waals surface area contributed by atoms with Crippen molar-refractivity contribution in [1.29, 1.82) is 0 Å². The highest BCUT2D eigenvalue weighted by Crippen LogP contribution is 2.37. The zero-order valence-electron chi connectivity index (χ0n) is 13.0. The van der Waals surface area contributed by atoms with E-state index in [-0.39, 0.29) is 0 Å². The maximum absolute atomic E-state index is 13.3. The van der Waals surface area contributed by atoms with Crippen molar-refractivity contribution in [1.82, 2.24) is 4.98 Å². The van der Waals surface area contributed by atoms with Gasteiger partial charge in [-0.15, -0.1) is 0 Å². The Hall–Kier alpha value is -2.11. The Labute approximate surface area is 145 Å². The lowest BCUT2D eigenvalue weighted by molar-refractivity contribution is 0.593. The van der Waals surface area contributed by atoms with Crippen LogP contribution in [0.4, 0.5) is 5.69 Å². The molecule has 0 fully saturated rings. The number of fused-ring (bicyclic) bond motifs is 2. The smallest absolute Gasteiger partial charge is 0.264 e. The normalized spacial score (nSPS) is 14.2. The minimum absolute atomic E-state index is 0.313. The van der Waals surface area contributed by atoms with Crippen LogP contribution < -0.4 is 4.31 Å². The number of benzene rings is 2. The molecule has 0 bridgehead atoms. The average Bonchev–Trinajstić information content (AvgIpc) is 2.98. The summed E-state index contributed by atoms with van der Waals surface area (Å²) in [4.78, 5) is 4.47. The first-order valence-corrected chi connectivity index (χ1v) is 9.45. The molecular formula is C18H15ClN2O2S. The first kappa shape index (κ1) is 15.4. The Balaban J connectivity index is 1.94. The molecule has 4 rings (SSSR count). The number of sulfonamides is 1. The van der Waals surface area contributed by atoms with Crippen molar-refractivity contribution < 1.29 is 8.42 Å². The van der Waals surface area contributed by atoms with Crippen LogP contribution in [0.1, 0.15) is 11.1 Å². The van der Waals surface area contributed by atoms with E-state index in [4.69, 9.17) is 11.6 Å². The van der Waals surface area contributed by atoms with Gasteiger partial charge in [-0.1, -0.05) is 29.8 Å². The number of aromatic nitrogens is 1. The van der Waals surface area contributed by atoms with E-state index in [0.717, 1.165) is 21.9 Å². The van der Waals surface area contributed by atoms with E-state index in [0.29, 0.717) is 28.6 Å². The van der Waals surface area contributed by atoms with Gasteiger partial charge in [0, 0.05) is 34.7 Å². The summed E-state index contributed by atoms with van der Waals surface area (Å²) in [6.45, 7) is 2.31. The topological polar surface area (TPSA) is 50.3 Å². The molecule has 0 N–H and O–H groups in total. The molecule has 0 radical (unpaired) electrons. The molecule has 2 heterocycles. The van der Waals surface area contributed by atoms with Gasteiger partial charge in [0.2, 0.25) is 0 Å². The second-order valence-electron chi connectivity index (χ2n) is 5.91. The van der Waals surface area contributed by atoms with E-state index in [1.807, 2.05) is 19.1 Å². The van der Waals surface area contributed by atoms with Crippen LogP contribution in [0.15, 0.2) is 53.7 Å². The molecule has 0 saturated carbocycles. The highest BCUT2D eigenvalue weighted by molar-refractivity contribution is 7.93. The summed E-state index contributed by atoms with van der Waals surface area (Å²) in [5.74, 6) is 0. The molecule has 1 aromatic heterocycles. The summed E-state index contributed by atoms with van der Waals surface area (Å²) in [7, 11) is -3.67. The fourth-order valence-electron chi connectivity index (χ4n) is 3.28. The Morgan fingerprint density at radius 2 is 2.00 bits per heavy atom. The molecule has 0 aliphatic carbocycles. The Bertz CT molecular complexity index is 1060. The zero-order valence-corrected chi connectivity index (χ0v) is 14.6. The van der Waals surface area contributed by atoms with Crippen molar-refractivity contribution in [3.8, 4) is 0 Å². The van der Waals surface area contributed by atoms with Crippen molar-refractivity contribution in [2.75, 3.05) is 10.8 Å². The monoisotopic (exact) mass is 358 g/mol. The Kier molecular flexibility index (Phi) is 3.51. The van der Waals surface area contributed by atoms with E-state index in [2.05, 4.69) is 4.98 Å². The van der Waals surface area contributed by atoms with Crippen molar-refractivity contribution in [3.63, 3.8) is 0 Å². The van der Waals surface area contributed by atoms with Crippen LogP contribution in [0.25, 0.3) is 10.8 Å². The van der Waals surface area contributed by atoms with Crippen LogP contribution in [0.5, 0.6) is 0 Å². The largest absolute Gasteiger partial charge is 0.266 e. The molecule has 6 heteroatoms. The molecule has 0 saturated heterocycles. The Morgan fingerprint density at radius 1 is 1.17 bits per heavy atom. The second-order valence-corrected chi connectivity index (χ2v) is 8.18. The van der Waals surface area contributed by atoms with Gasteiger partial charge >= 0.3 is 0 Å². The van der Waals surface area contributed by atoms with Crippen LogP contribution in [0.3, 0.4) is 0 Å². The van der Waals surface area contributed by atoms with Crippen molar-refractivity contribution >= 4 is 38.1 Å². The van der Waals surface area contributed by atoms with Gasteiger partial charge in [0.05, 0.1) is 10.6 Å². The number of rotatable bonds is 2. The number of nitrogens with zero attached hydrogens (tertiary/aromatic N) is 2. The predicted octanol–water partition coefficient (Wildman–Crippen LogP) is 3.95. The summed E-state index contributed by atoms with van der Waals surface area (Å²) >= 11 is 6.08. The molecule has 24 heavy (non-hydrogen) atoms. The number of halogens is 1. The van der Waals surface area contributed by atoms with Crippen LogP contribution in [0, 0.1) is 6.92 Å². The van der Waals surface area contributed by atoms with Crippen molar-refractivity contribution in [2.24, 2.45) is 0 Å². The lowest BCUT2D eigenvalue weighted by Crippen LogP contribution is -2.29. The van der Waals surface area contributed by atoms with Gasteiger partial charge in [-0.25, -0.2) is 8.42 Å². The lowest BCUT2D eigenvalue weighted by atomic mass is 10.1. The SMILES string of the molecule is Cc1cncc2cccc(S(=O)(=O)N3CCc4ccc(Cl)cc43)c12. The number of hydrogen-bond acceptors (Lipinski definition) is 3. The standard InChI is InChI=1S/C18H15ClN2O2S/c1-12-10-20-11-14-3-2-4-17(18(12)14)24(22,23)21-8-7-13-5-6-15(19)9-16(13)21/h2-6,9-11H,7-8H2,1H3. The molecular weight excluding hydrogens is 344 g/mol. The summed E-state index contributed by atoms with van der Waals surface area (Å²) in [5.41, 5.74) is 2.52. The molecule has 0 amide bonds. The molecule has 0 spiro atoms. The molecule has 2 aromatic carbocycles. The summed E-state index contributed by atoms with van der Waals surface area (Å²) < 4.78 is 28.1. The molecule has 1 aliphatic heterocycles. The minimum atomic E-state index is -3.67. The van der Waals surface area contributed by atoms with Gasteiger partial charge < -0.3 is 0 Å². The van der Waals surface area contributed by atoms with Crippen LogP contribution in [-0.4, -0.2) is 19.9 Å². The van der Waals surface area contributed by atoms with Gasteiger partial charge in [0.15, 0.2) is 0 Å². The average molecular weight is 359 g/mol. The molecule has 3 aromatic rings. The molecule has 4 nitrogen and oxygen atoms in total. The first-order valence-electron chi connectivity index (χ1n) is 7.63. The quantitative estimate of drug-likeness (QED) is 0.697. The number of aryl methyl sites for hydroxylation is 1. The van der Waals surface area contributed by atoms with E-state index in [1.165, 1.54) is 4.31 Å². The van der Waals surface area contributed by atoms with Gasteiger partial charge in [-0.2, -0.15) is 0 Å². The third-order valence-corrected chi connectivity index (χ3v) is 6.49. The molecule has 1 aliphatic rings. The van der Waals surface area contributed by atoms with Gasteiger partial charge in [0.25, 0.3) is 10.0 Å². The van der Waals surface area contributed by atoms with Crippen LogP contribution in [0.2, 0.25) is 5.02 Å². The van der Waals surface area contributed by atoms with E-state index < -0.39 is 10.0 Å².